The zero-order valence-electron chi connectivity index (χ0n) is 5.44. The molecule has 2 heteroatoms. The Hall–Kier alpha value is -0.0800. The zero-order chi connectivity index (χ0) is 5.98. The first-order valence-corrected chi connectivity index (χ1v) is 3.12. The van der Waals surface area contributed by atoms with Crippen molar-refractivity contribution in [3.63, 3.8) is 0 Å². The van der Waals surface area contributed by atoms with E-state index >= 15 is 0 Å². The lowest BCUT2D eigenvalue weighted by Crippen LogP contribution is -2.49. The molecule has 8 heavy (non-hydrogen) atoms. The Bertz CT molecular complexity index is 64.9. The Morgan fingerprint density at radius 3 is 2.62 bits per heavy atom. The fourth-order valence-electron chi connectivity index (χ4n) is 0.977. The van der Waals surface area contributed by atoms with Gasteiger partial charge >= 0.3 is 0 Å². The lowest BCUT2D eigenvalue weighted by molar-refractivity contribution is 0.414. The average molecular weight is 113 g/mol. The monoisotopic (exact) mass is 113 g/mol. The zero-order valence-corrected chi connectivity index (χ0v) is 5.44. The van der Waals surface area contributed by atoms with Crippen molar-refractivity contribution in [3.8, 4) is 0 Å². The van der Waals surface area contributed by atoms with Crippen LogP contribution in [0.3, 0.4) is 0 Å². The van der Waals surface area contributed by atoms with Crippen LogP contribution in [0.4, 0.5) is 0 Å². The highest BCUT2D eigenvalue weighted by atomic mass is 15.1. The van der Waals surface area contributed by atoms with Crippen molar-refractivity contribution in [3.05, 3.63) is 6.54 Å². The van der Waals surface area contributed by atoms with Crippen LogP contribution in [0.1, 0.15) is 13.8 Å². The van der Waals surface area contributed by atoms with Gasteiger partial charge in [-0.3, -0.25) is 0 Å². The van der Waals surface area contributed by atoms with Gasteiger partial charge in [-0.05, 0) is 13.8 Å². The second-order valence-corrected chi connectivity index (χ2v) is 2.43. The summed E-state index contributed by atoms with van der Waals surface area (Å²) in [5.74, 6) is 0. The fourth-order valence-corrected chi connectivity index (χ4v) is 0.977. The van der Waals surface area contributed by atoms with E-state index in [9.17, 15) is 0 Å². The first kappa shape index (κ1) is 6.05. The van der Waals surface area contributed by atoms with Gasteiger partial charge in [0.1, 0.15) is 0 Å². The first-order chi connectivity index (χ1) is 3.79. The highest BCUT2D eigenvalue weighted by Crippen LogP contribution is 1.94. The van der Waals surface area contributed by atoms with Gasteiger partial charge in [-0.25, -0.2) is 0 Å². The molecule has 1 aliphatic rings. The summed E-state index contributed by atoms with van der Waals surface area (Å²) in [5, 5.41) is 6.56. The number of piperazine rings is 1. The number of hydrogen-bond donors (Lipinski definition) is 2. The summed E-state index contributed by atoms with van der Waals surface area (Å²) in [6.07, 6.45) is 0. The largest absolute Gasteiger partial charge is 0.309 e. The molecule has 1 saturated heterocycles. The standard InChI is InChI=1S/C6H13N2/c1-5-3-7-4-6(2)8-5/h3,5-8H,4H2,1-2H3. The average Bonchev–Trinajstić information content (AvgIpc) is 1.64. The lowest BCUT2D eigenvalue weighted by atomic mass is 10.2. The molecule has 0 spiro atoms. The third-order valence-electron chi connectivity index (χ3n) is 1.34. The quantitative estimate of drug-likeness (QED) is 0.466. The van der Waals surface area contributed by atoms with Crippen LogP contribution in [-0.4, -0.2) is 18.6 Å². The van der Waals surface area contributed by atoms with Crippen LogP contribution in [0.25, 0.3) is 0 Å². The fraction of sp³-hybridized carbons (Fsp3) is 0.833. The van der Waals surface area contributed by atoms with E-state index in [4.69, 9.17) is 0 Å². The summed E-state index contributed by atoms with van der Waals surface area (Å²) in [6, 6.07) is 1.15. The summed E-state index contributed by atoms with van der Waals surface area (Å²) in [5.41, 5.74) is 0. The van der Waals surface area contributed by atoms with Crippen molar-refractivity contribution >= 4 is 0 Å². The molecule has 0 aromatic carbocycles. The van der Waals surface area contributed by atoms with Crippen LogP contribution < -0.4 is 10.6 Å². The molecule has 0 aliphatic carbocycles. The molecule has 0 aromatic heterocycles. The van der Waals surface area contributed by atoms with Gasteiger partial charge in [-0.2, -0.15) is 0 Å². The SMILES string of the molecule is CC1[CH]NCC(C)N1. The van der Waals surface area contributed by atoms with Gasteiger partial charge in [0.25, 0.3) is 0 Å². The van der Waals surface area contributed by atoms with E-state index in [1.165, 1.54) is 0 Å². The van der Waals surface area contributed by atoms with Crippen molar-refractivity contribution in [2.75, 3.05) is 6.54 Å². The van der Waals surface area contributed by atoms with Crippen LogP contribution in [-0.2, 0) is 0 Å². The summed E-state index contributed by atoms with van der Waals surface area (Å²) in [6.45, 7) is 7.46. The molecule has 1 fully saturated rings. The van der Waals surface area contributed by atoms with Crippen molar-refractivity contribution in [2.24, 2.45) is 0 Å². The van der Waals surface area contributed by atoms with E-state index in [1.54, 1.807) is 0 Å². The van der Waals surface area contributed by atoms with Gasteiger partial charge in [0.15, 0.2) is 0 Å². The van der Waals surface area contributed by atoms with Crippen molar-refractivity contribution in [1.82, 2.24) is 10.6 Å². The van der Waals surface area contributed by atoms with Gasteiger partial charge in [0.05, 0.1) is 0 Å². The molecule has 2 N–H and O–H groups in total. The Balaban J connectivity index is 2.23. The summed E-state index contributed by atoms with van der Waals surface area (Å²) in [7, 11) is 0. The maximum absolute atomic E-state index is 3.36. The van der Waals surface area contributed by atoms with E-state index in [-0.39, 0.29) is 0 Å². The molecule has 0 bridgehead atoms. The Kier molecular flexibility index (Phi) is 1.86. The summed E-state index contributed by atoms with van der Waals surface area (Å²) in [4.78, 5) is 0. The van der Waals surface area contributed by atoms with E-state index in [0.29, 0.717) is 12.1 Å². The maximum atomic E-state index is 3.36. The predicted molar refractivity (Wildman–Crippen MR) is 34.4 cm³/mol. The Morgan fingerprint density at radius 1 is 1.50 bits per heavy atom. The van der Waals surface area contributed by atoms with Crippen molar-refractivity contribution in [1.29, 1.82) is 0 Å². The maximum Gasteiger partial charge on any atom is 0.0388 e. The molecule has 1 rings (SSSR count). The molecule has 0 aromatic rings. The van der Waals surface area contributed by atoms with Gasteiger partial charge in [-0.1, -0.05) is 0 Å². The molecular formula is C6H13N2. The van der Waals surface area contributed by atoms with Crippen molar-refractivity contribution < 1.29 is 0 Å². The normalized spacial score (nSPS) is 39.8. The smallest absolute Gasteiger partial charge is 0.0388 e. The van der Waals surface area contributed by atoms with Gasteiger partial charge in [-0.15, -0.1) is 0 Å². The molecule has 2 unspecified atom stereocenters. The summed E-state index contributed by atoms with van der Waals surface area (Å²) < 4.78 is 0. The second-order valence-electron chi connectivity index (χ2n) is 2.43. The lowest BCUT2D eigenvalue weighted by Gasteiger charge is -2.26. The summed E-state index contributed by atoms with van der Waals surface area (Å²) >= 11 is 0. The molecular weight excluding hydrogens is 100 g/mol. The Morgan fingerprint density at radius 2 is 2.25 bits per heavy atom. The minimum absolute atomic E-state index is 0.527. The topological polar surface area (TPSA) is 24.1 Å². The van der Waals surface area contributed by atoms with Gasteiger partial charge in [0.2, 0.25) is 0 Å². The highest BCUT2D eigenvalue weighted by Gasteiger charge is 2.11. The van der Waals surface area contributed by atoms with Crippen LogP contribution in [0.5, 0.6) is 0 Å². The van der Waals surface area contributed by atoms with E-state index in [0.717, 1.165) is 6.54 Å². The van der Waals surface area contributed by atoms with Crippen molar-refractivity contribution in [2.45, 2.75) is 25.9 Å². The van der Waals surface area contributed by atoms with Crippen LogP contribution in [0.2, 0.25) is 0 Å². The van der Waals surface area contributed by atoms with Crippen LogP contribution in [0, 0.1) is 6.54 Å². The molecule has 1 heterocycles. The third-order valence-corrected chi connectivity index (χ3v) is 1.34. The molecule has 1 radical (unpaired) electrons. The minimum atomic E-state index is 0.527. The first-order valence-electron chi connectivity index (χ1n) is 3.12. The predicted octanol–water partition coefficient (Wildman–Crippen LogP) is 0.118. The van der Waals surface area contributed by atoms with Gasteiger partial charge in [0, 0.05) is 25.2 Å². The molecule has 0 saturated carbocycles. The van der Waals surface area contributed by atoms with E-state index < -0.39 is 0 Å². The highest BCUT2D eigenvalue weighted by molar-refractivity contribution is 4.85. The van der Waals surface area contributed by atoms with Crippen LogP contribution in [0.15, 0.2) is 0 Å². The number of nitrogens with one attached hydrogen (secondary N) is 2. The molecule has 0 amide bonds. The Labute approximate surface area is 50.7 Å². The minimum Gasteiger partial charge on any atom is -0.309 e. The molecule has 2 atom stereocenters. The number of hydrogen-bond acceptors (Lipinski definition) is 2. The second kappa shape index (κ2) is 2.46. The third kappa shape index (κ3) is 1.46. The van der Waals surface area contributed by atoms with Gasteiger partial charge < -0.3 is 10.6 Å². The number of rotatable bonds is 0. The van der Waals surface area contributed by atoms with E-state index in [1.807, 2.05) is 0 Å². The molecule has 2 nitrogen and oxygen atoms in total. The molecule has 1 aliphatic heterocycles. The molecule has 47 valence electrons. The van der Waals surface area contributed by atoms with E-state index in [2.05, 4.69) is 31.0 Å². The van der Waals surface area contributed by atoms with Crippen LogP contribution >= 0.6 is 0 Å².